The van der Waals surface area contributed by atoms with Crippen LogP contribution in [-0.4, -0.2) is 27.1 Å². The van der Waals surface area contributed by atoms with Crippen molar-refractivity contribution < 1.29 is 27.8 Å². The summed E-state index contributed by atoms with van der Waals surface area (Å²) in [4.78, 5) is 15.3. The predicted molar refractivity (Wildman–Crippen MR) is 75.3 cm³/mol. The van der Waals surface area contributed by atoms with Crippen molar-refractivity contribution in [2.75, 3.05) is 0 Å². The molecule has 0 atom stereocenters. The molecule has 0 aliphatic rings. The number of nitrogens with zero attached hydrogens (tertiary/aromatic N) is 2. The number of hydrogen-bond acceptors (Lipinski definition) is 3. The topological polar surface area (TPSA) is 64.3 Å². The number of ether oxygens (including phenoxy) is 1. The standard InChI is InChI=1S/C15H9F3N2O3/c16-15(17,18)23-11-3-1-2-10(8-11)12-5-4-9-6-7-20(14(21)22)13(9)19-12/h1-8H,(H,21,22). The third kappa shape index (κ3) is 3.10. The molecule has 23 heavy (non-hydrogen) atoms. The first-order chi connectivity index (χ1) is 10.8. The fourth-order valence-electron chi connectivity index (χ4n) is 2.18. The summed E-state index contributed by atoms with van der Waals surface area (Å²) in [5, 5.41) is 9.69. The zero-order valence-electron chi connectivity index (χ0n) is 11.4. The first kappa shape index (κ1) is 14.9. The predicted octanol–water partition coefficient (Wildman–Crippen LogP) is 4.13. The summed E-state index contributed by atoms with van der Waals surface area (Å²) in [7, 11) is 0. The van der Waals surface area contributed by atoms with Crippen molar-refractivity contribution >= 4 is 17.1 Å². The minimum atomic E-state index is -4.78. The summed E-state index contributed by atoms with van der Waals surface area (Å²) in [5.74, 6) is -0.370. The number of fused-ring (bicyclic) bond motifs is 1. The first-order valence-corrected chi connectivity index (χ1v) is 6.41. The van der Waals surface area contributed by atoms with Gasteiger partial charge in [-0.25, -0.2) is 14.3 Å². The highest BCUT2D eigenvalue weighted by atomic mass is 19.4. The van der Waals surface area contributed by atoms with Gasteiger partial charge in [0.1, 0.15) is 11.4 Å². The van der Waals surface area contributed by atoms with E-state index in [2.05, 4.69) is 9.72 Å². The van der Waals surface area contributed by atoms with Crippen LogP contribution in [0.2, 0.25) is 0 Å². The fraction of sp³-hybridized carbons (Fsp3) is 0.0667. The Morgan fingerprint density at radius 3 is 2.65 bits per heavy atom. The van der Waals surface area contributed by atoms with E-state index in [-0.39, 0.29) is 11.4 Å². The van der Waals surface area contributed by atoms with E-state index in [0.717, 1.165) is 4.57 Å². The lowest BCUT2D eigenvalue weighted by Gasteiger charge is -2.10. The molecule has 0 saturated heterocycles. The summed E-state index contributed by atoms with van der Waals surface area (Å²) >= 11 is 0. The van der Waals surface area contributed by atoms with Gasteiger partial charge < -0.3 is 9.84 Å². The van der Waals surface area contributed by atoms with Crippen LogP contribution in [-0.2, 0) is 0 Å². The third-order valence-electron chi connectivity index (χ3n) is 3.11. The Bertz CT molecular complexity index is 887. The molecule has 3 rings (SSSR count). The van der Waals surface area contributed by atoms with Crippen LogP contribution in [0.1, 0.15) is 0 Å². The molecule has 3 aromatic rings. The molecule has 0 spiro atoms. The molecular formula is C15H9F3N2O3. The van der Waals surface area contributed by atoms with Gasteiger partial charge in [0.15, 0.2) is 0 Å². The van der Waals surface area contributed by atoms with Crippen molar-refractivity contribution in [1.29, 1.82) is 0 Å². The molecule has 8 heteroatoms. The molecule has 0 saturated carbocycles. The molecule has 1 N–H and O–H groups in total. The Morgan fingerprint density at radius 2 is 1.96 bits per heavy atom. The lowest BCUT2D eigenvalue weighted by atomic mass is 10.1. The molecule has 0 amide bonds. The van der Waals surface area contributed by atoms with Crippen LogP contribution >= 0.6 is 0 Å². The summed E-state index contributed by atoms with van der Waals surface area (Å²) < 4.78 is 41.6. The molecular weight excluding hydrogens is 313 g/mol. The minimum absolute atomic E-state index is 0.206. The average molecular weight is 322 g/mol. The van der Waals surface area contributed by atoms with Gasteiger partial charge in [-0.3, -0.25) is 0 Å². The summed E-state index contributed by atoms with van der Waals surface area (Å²) in [6, 6.07) is 10.2. The largest absolute Gasteiger partial charge is 0.573 e. The van der Waals surface area contributed by atoms with Crippen LogP contribution in [0.3, 0.4) is 0 Å². The smallest absolute Gasteiger partial charge is 0.464 e. The normalized spacial score (nSPS) is 11.6. The lowest BCUT2D eigenvalue weighted by Crippen LogP contribution is -2.17. The van der Waals surface area contributed by atoms with Gasteiger partial charge in [-0.15, -0.1) is 13.2 Å². The van der Waals surface area contributed by atoms with Gasteiger partial charge in [0.25, 0.3) is 0 Å². The highest BCUT2D eigenvalue weighted by molar-refractivity contribution is 5.87. The molecule has 1 aromatic carbocycles. The second kappa shape index (κ2) is 5.31. The zero-order chi connectivity index (χ0) is 16.6. The first-order valence-electron chi connectivity index (χ1n) is 6.41. The van der Waals surface area contributed by atoms with Crippen LogP contribution in [0.15, 0.2) is 48.7 Å². The van der Waals surface area contributed by atoms with Crippen molar-refractivity contribution in [3.05, 3.63) is 48.7 Å². The zero-order valence-corrected chi connectivity index (χ0v) is 11.4. The summed E-state index contributed by atoms with van der Waals surface area (Å²) in [5.41, 5.74) is 0.926. The monoisotopic (exact) mass is 322 g/mol. The van der Waals surface area contributed by atoms with Crippen LogP contribution < -0.4 is 4.74 Å². The Kier molecular flexibility index (Phi) is 3.44. The Balaban J connectivity index is 2.04. The van der Waals surface area contributed by atoms with Crippen LogP contribution in [0.25, 0.3) is 22.3 Å². The van der Waals surface area contributed by atoms with Gasteiger partial charge in [0.05, 0.1) is 5.69 Å². The van der Waals surface area contributed by atoms with Crippen LogP contribution in [0.4, 0.5) is 18.0 Å². The van der Waals surface area contributed by atoms with E-state index < -0.39 is 12.5 Å². The van der Waals surface area contributed by atoms with Gasteiger partial charge in [0, 0.05) is 17.1 Å². The van der Waals surface area contributed by atoms with E-state index >= 15 is 0 Å². The Morgan fingerprint density at radius 1 is 1.17 bits per heavy atom. The molecule has 0 unspecified atom stereocenters. The maximum Gasteiger partial charge on any atom is 0.573 e. The van der Waals surface area contributed by atoms with Crippen molar-refractivity contribution in [2.45, 2.75) is 6.36 Å². The van der Waals surface area contributed by atoms with E-state index in [1.807, 2.05) is 0 Å². The number of hydrogen-bond donors (Lipinski definition) is 1. The highest BCUT2D eigenvalue weighted by Gasteiger charge is 2.31. The quantitative estimate of drug-likeness (QED) is 0.770. The summed E-state index contributed by atoms with van der Waals surface area (Å²) in [6.07, 6.45) is -4.63. The Labute approximate surface area is 127 Å². The average Bonchev–Trinajstić information content (AvgIpc) is 2.88. The maximum absolute atomic E-state index is 12.3. The number of pyridine rings is 1. The van der Waals surface area contributed by atoms with Gasteiger partial charge >= 0.3 is 12.5 Å². The molecule has 0 aliphatic heterocycles. The van der Waals surface area contributed by atoms with E-state index in [9.17, 15) is 18.0 Å². The molecule has 5 nitrogen and oxygen atoms in total. The number of halogens is 3. The Hall–Kier alpha value is -3.03. The van der Waals surface area contributed by atoms with E-state index in [1.165, 1.54) is 24.4 Å². The van der Waals surface area contributed by atoms with Crippen LogP contribution in [0, 0.1) is 0 Å². The lowest BCUT2D eigenvalue weighted by molar-refractivity contribution is -0.274. The molecule has 0 aliphatic carbocycles. The molecule has 0 fully saturated rings. The van der Waals surface area contributed by atoms with Gasteiger partial charge in [-0.05, 0) is 30.3 Å². The number of alkyl halides is 3. The molecule has 0 radical (unpaired) electrons. The van der Waals surface area contributed by atoms with Crippen molar-refractivity contribution in [1.82, 2.24) is 9.55 Å². The fourth-order valence-corrected chi connectivity index (χ4v) is 2.18. The number of carbonyl (C=O) groups is 1. The van der Waals surface area contributed by atoms with Gasteiger partial charge in [-0.2, -0.15) is 0 Å². The van der Waals surface area contributed by atoms with E-state index in [0.29, 0.717) is 16.6 Å². The summed E-state index contributed by atoms with van der Waals surface area (Å²) in [6.45, 7) is 0. The number of benzene rings is 1. The second-order valence-electron chi connectivity index (χ2n) is 4.65. The number of aromatic nitrogens is 2. The van der Waals surface area contributed by atoms with Crippen LogP contribution in [0.5, 0.6) is 5.75 Å². The van der Waals surface area contributed by atoms with E-state index in [4.69, 9.17) is 5.11 Å². The highest BCUT2D eigenvalue weighted by Crippen LogP contribution is 2.28. The molecule has 118 valence electrons. The van der Waals surface area contributed by atoms with Gasteiger partial charge in [-0.1, -0.05) is 12.1 Å². The number of rotatable bonds is 2. The molecule has 2 aromatic heterocycles. The second-order valence-corrected chi connectivity index (χ2v) is 4.65. The van der Waals surface area contributed by atoms with Crippen molar-refractivity contribution in [3.8, 4) is 17.0 Å². The van der Waals surface area contributed by atoms with Gasteiger partial charge in [0.2, 0.25) is 0 Å². The molecule has 0 bridgehead atoms. The van der Waals surface area contributed by atoms with E-state index in [1.54, 1.807) is 24.3 Å². The third-order valence-corrected chi connectivity index (χ3v) is 3.11. The van der Waals surface area contributed by atoms with Crippen molar-refractivity contribution in [2.24, 2.45) is 0 Å². The maximum atomic E-state index is 12.3. The SMILES string of the molecule is O=C(O)n1ccc2ccc(-c3cccc(OC(F)(F)F)c3)nc21. The van der Waals surface area contributed by atoms with Crippen molar-refractivity contribution in [3.63, 3.8) is 0 Å². The minimum Gasteiger partial charge on any atom is -0.464 e. The molecule has 2 heterocycles. The number of carboxylic acid groups (broad SMARTS) is 1.